The zero-order valence-electron chi connectivity index (χ0n) is 11.4. The average molecular weight is 291 g/mol. The number of aliphatic carboxylic acids is 1. The number of aliphatic hydroxyl groups is 1. The van der Waals surface area contributed by atoms with Gasteiger partial charge in [0.1, 0.15) is 6.04 Å². The van der Waals surface area contributed by atoms with Crippen molar-refractivity contribution in [3.63, 3.8) is 0 Å². The van der Waals surface area contributed by atoms with E-state index < -0.39 is 12.0 Å². The molecule has 7 heteroatoms. The van der Waals surface area contributed by atoms with E-state index in [0.29, 0.717) is 6.54 Å². The number of aliphatic hydroxyl groups excluding tert-OH is 1. The van der Waals surface area contributed by atoms with Gasteiger partial charge in [0, 0.05) is 26.0 Å². The number of carbonyl (C=O) groups excluding carboxylic acids is 1. The standard InChI is InChI=1S/C14H17N3O4/c18-8-6-11(14(20)21)16-13(19)5-7-17-9-15-10-3-1-2-4-12(10)17/h1-4,9,11,18H,5-8H2,(H,16,19)(H,20,21)/t11-/m0/s1. The molecule has 0 bridgehead atoms. The number of hydrogen-bond acceptors (Lipinski definition) is 4. The first-order chi connectivity index (χ1) is 10.1. The number of carboxylic acid groups (broad SMARTS) is 1. The summed E-state index contributed by atoms with van der Waals surface area (Å²) >= 11 is 0. The lowest BCUT2D eigenvalue weighted by molar-refractivity contribution is -0.142. The molecule has 7 nitrogen and oxygen atoms in total. The zero-order chi connectivity index (χ0) is 15.2. The van der Waals surface area contributed by atoms with Gasteiger partial charge >= 0.3 is 5.97 Å². The first-order valence-electron chi connectivity index (χ1n) is 6.64. The van der Waals surface area contributed by atoms with Gasteiger partial charge in [-0.2, -0.15) is 0 Å². The minimum absolute atomic E-state index is 0.00488. The summed E-state index contributed by atoms with van der Waals surface area (Å²) in [5, 5.41) is 20.1. The number of nitrogens with zero attached hydrogens (tertiary/aromatic N) is 2. The number of carbonyl (C=O) groups is 2. The Kier molecular flexibility index (Phi) is 4.89. The van der Waals surface area contributed by atoms with E-state index >= 15 is 0 Å². The summed E-state index contributed by atoms with van der Waals surface area (Å²) in [5.41, 5.74) is 1.78. The third-order valence-electron chi connectivity index (χ3n) is 3.16. The van der Waals surface area contributed by atoms with Crippen molar-refractivity contribution in [3.8, 4) is 0 Å². The highest BCUT2D eigenvalue weighted by atomic mass is 16.4. The van der Waals surface area contributed by atoms with Crippen molar-refractivity contribution in [2.45, 2.75) is 25.4 Å². The lowest BCUT2D eigenvalue weighted by Crippen LogP contribution is -2.41. The molecule has 112 valence electrons. The van der Waals surface area contributed by atoms with Crippen LogP contribution >= 0.6 is 0 Å². The molecule has 2 aromatic rings. The molecule has 1 aromatic carbocycles. The molecule has 0 saturated carbocycles. The molecule has 1 aromatic heterocycles. The molecule has 21 heavy (non-hydrogen) atoms. The molecule has 3 N–H and O–H groups in total. The van der Waals surface area contributed by atoms with Gasteiger partial charge in [-0.1, -0.05) is 12.1 Å². The molecule has 0 unspecified atom stereocenters. The Morgan fingerprint density at radius 1 is 1.33 bits per heavy atom. The molecule has 0 spiro atoms. The summed E-state index contributed by atoms with van der Waals surface area (Å²) in [4.78, 5) is 26.9. The van der Waals surface area contributed by atoms with Crippen molar-refractivity contribution in [2.24, 2.45) is 0 Å². The van der Waals surface area contributed by atoms with Crippen LogP contribution in [0.3, 0.4) is 0 Å². The third kappa shape index (κ3) is 3.79. The van der Waals surface area contributed by atoms with Crippen molar-refractivity contribution in [1.29, 1.82) is 0 Å². The van der Waals surface area contributed by atoms with E-state index in [0.717, 1.165) is 11.0 Å². The highest BCUT2D eigenvalue weighted by molar-refractivity contribution is 5.83. The molecular weight excluding hydrogens is 274 g/mol. The highest BCUT2D eigenvalue weighted by Crippen LogP contribution is 2.12. The molecule has 0 aliphatic rings. The number of para-hydroxylation sites is 2. The van der Waals surface area contributed by atoms with Crippen LogP contribution in [-0.2, 0) is 16.1 Å². The molecule has 0 fully saturated rings. The Balaban J connectivity index is 1.93. The Labute approximate surface area is 121 Å². The number of fused-ring (bicyclic) bond motifs is 1. The predicted octanol–water partition coefficient (Wildman–Crippen LogP) is 0.378. The summed E-state index contributed by atoms with van der Waals surface area (Å²) < 4.78 is 1.84. The molecule has 1 heterocycles. The monoisotopic (exact) mass is 291 g/mol. The first-order valence-corrected chi connectivity index (χ1v) is 6.64. The number of hydrogen-bond donors (Lipinski definition) is 3. The van der Waals surface area contributed by atoms with Gasteiger partial charge in [-0.05, 0) is 12.1 Å². The molecule has 0 aliphatic carbocycles. The van der Waals surface area contributed by atoms with Crippen LogP contribution in [-0.4, -0.2) is 44.3 Å². The molecule has 2 rings (SSSR count). The van der Waals surface area contributed by atoms with E-state index in [9.17, 15) is 9.59 Å². The Morgan fingerprint density at radius 3 is 2.81 bits per heavy atom. The van der Waals surface area contributed by atoms with E-state index in [-0.39, 0.29) is 25.4 Å². The fourth-order valence-corrected chi connectivity index (χ4v) is 2.06. The second-order valence-corrected chi connectivity index (χ2v) is 4.65. The fraction of sp³-hybridized carbons (Fsp3) is 0.357. The van der Waals surface area contributed by atoms with Crippen LogP contribution in [0, 0.1) is 0 Å². The van der Waals surface area contributed by atoms with Crippen molar-refractivity contribution in [3.05, 3.63) is 30.6 Å². The average Bonchev–Trinajstić information content (AvgIpc) is 2.88. The van der Waals surface area contributed by atoms with E-state index in [4.69, 9.17) is 10.2 Å². The maximum Gasteiger partial charge on any atom is 0.326 e. The summed E-state index contributed by atoms with van der Waals surface area (Å²) in [6, 6.07) is 6.52. The van der Waals surface area contributed by atoms with Gasteiger partial charge in [-0.25, -0.2) is 9.78 Å². The van der Waals surface area contributed by atoms with Crippen LogP contribution in [0.25, 0.3) is 11.0 Å². The molecule has 1 amide bonds. The van der Waals surface area contributed by atoms with Gasteiger partial charge in [0.2, 0.25) is 5.91 Å². The maximum absolute atomic E-state index is 11.8. The predicted molar refractivity (Wildman–Crippen MR) is 75.6 cm³/mol. The minimum Gasteiger partial charge on any atom is -0.480 e. The first kappa shape index (κ1) is 15.0. The van der Waals surface area contributed by atoms with E-state index in [1.54, 1.807) is 6.33 Å². The van der Waals surface area contributed by atoms with E-state index in [1.807, 2.05) is 28.8 Å². The number of amides is 1. The quantitative estimate of drug-likeness (QED) is 0.684. The van der Waals surface area contributed by atoms with E-state index in [1.165, 1.54) is 0 Å². The number of imidazole rings is 1. The number of carboxylic acids is 1. The van der Waals surface area contributed by atoms with Gasteiger partial charge in [-0.15, -0.1) is 0 Å². The van der Waals surface area contributed by atoms with E-state index in [2.05, 4.69) is 10.3 Å². The van der Waals surface area contributed by atoms with Crippen molar-refractivity contribution in [2.75, 3.05) is 6.61 Å². The van der Waals surface area contributed by atoms with Crippen LogP contribution in [0.2, 0.25) is 0 Å². The highest BCUT2D eigenvalue weighted by Gasteiger charge is 2.18. The lowest BCUT2D eigenvalue weighted by Gasteiger charge is -2.13. The van der Waals surface area contributed by atoms with Crippen molar-refractivity contribution in [1.82, 2.24) is 14.9 Å². The summed E-state index contributed by atoms with van der Waals surface area (Å²) in [6.45, 7) is 0.126. The number of rotatable bonds is 7. The number of aromatic nitrogens is 2. The van der Waals surface area contributed by atoms with Crippen LogP contribution in [0.5, 0.6) is 0 Å². The second kappa shape index (κ2) is 6.85. The smallest absolute Gasteiger partial charge is 0.326 e. The van der Waals surface area contributed by atoms with Crippen LogP contribution in [0.15, 0.2) is 30.6 Å². The van der Waals surface area contributed by atoms with Crippen LogP contribution < -0.4 is 5.32 Å². The van der Waals surface area contributed by atoms with Crippen LogP contribution in [0.4, 0.5) is 0 Å². The fourth-order valence-electron chi connectivity index (χ4n) is 2.06. The molecule has 0 saturated heterocycles. The van der Waals surface area contributed by atoms with Gasteiger partial charge in [0.05, 0.1) is 17.4 Å². The summed E-state index contributed by atoms with van der Waals surface area (Å²) in [5.74, 6) is -1.51. The Hall–Kier alpha value is -2.41. The summed E-state index contributed by atoms with van der Waals surface area (Å²) in [7, 11) is 0. The van der Waals surface area contributed by atoms with Crippen LogP contribution in [0.1, 0.15) is 12.8 Å². The maximum atomic E-state index is 11.8. The molecule has 0 aliphatic heterocycles. The second-order valence-electron chi connectivity index (χ2n) is 4.65. The molecular formula is C14H17N3O4. The molecule has 1 atom stereocenters. The van der Waals surface area contributed by atoms with Gasteiger partial charge in [0.15, 0.2) is 0 Å². The molecule has 0 radical (unpaired) electrons. The minimum atomic E-state index is -1.15. The topological polar surface area (TPSA) is 104 Å². The summed E-state index contributed by atoms with van der Waals surface area (Å²) in [6.07, 6.45) is 1.80. The largest absolute Gasteiger partial charge is 0.480 e. The van der Waals surface area contributed by atoms with Crippen molar-refractivity contribution < 1.29 is 19.8 Å². The van der Waals surface area contributed by atoms with Gasteiger partial charge in [-0.3, -0.25) is 4.79 Å². The normalized spacial score (nSPS) is 12.2. The van der Waals surface area contributed by atoms with Gasteiger partial charge in [0.25, 0.3) is 0 Å². The third-order valence-corrected chi connectivity index (χ3v) is 3.16. The Morgan fingerprint density at radius 2 is 2.10 bits per heavy atom. The number of nitrogens with one attached hydrogen (secondary N) is 1. The number of benzene rings is 1. The van der Waals surface area contributed by atoms with Crippen molar-refractivity contribution >= 4 is 22.9 Å². The zero-order valence-corrected chi connectivity index (χ0v) is 11.4. The Bertz CT molecular complexity index is 638. The van der Waals surface area contributed by atoms with Gasteiger partial charge < -0.3 is 20.1 Å². The SMILES string of the molecule is O=C(CCn1cnc2ccccc21)N[C@@H](CCO)C(=O)O. The number of aryl methyl sites for hydroxylation is 1. The lowest BCUT2D eigenvalue weighted by atomic mass is 10.2.